The van der Waals surface area contributed by atoms with Crippen molar-refractivity contribution in [2.45, 2.75) is 50.4 Å². The zero-order chi connectivity index (χ0) is 14.8. The van der Waals surface area contributed by atoms with E-state index in [0.29, 0.717) is 6.61 Å². The summed E-state index contributed by atoms with van der Waals surface area (Å²) >= 11 is 0. The number of rotatable bonds is 5. The molecule has 1 aromatic rings. The molecule has 120 valence electrons. The van der Waals surface area contributed by atoms with Gasteiger partial charge in [0.2, 0.25) is 0 Å². The molecule has 1 aromatic heterocycles. The van der Waals surface area contributed by atoms with Crippen molar-refractivity contribution in [2.24, 2.45) is 5.92 Å². The van der Waals surface area contributed by atoms with Crippen LogP contribution in [0.15, 0.2) is 24.5 Å². The van der Waals surface area contributed by atoms with Crippen LogP contribution in [0, 0.1) is 5.92 Å². The topological polar surface area (TPSA) is 34.6 Å². The molecule has 3 heterocycles. The molecule has 3 aliphatic rings. The molecule has 2 aliphatic heterocycles. The monoisotopic (exact) mass is 302 g/mol. The van der Waals surface area contributed by atoms with Gasteiger partial charge in [0, 0.05) is 38.4 Å². The van der Waals surface area contributed by atoms with Gasteiger partial charge in [-0.15, -0.1) is 0 Å². The van der Waals surface area contributed by atoms with E-state index in [4.69, 9.17) is 9.47 Å². The highest BCUT2D eigenvalue weighted by Crippen LogP contribution is 2.38. The third-order valence-corrected chi connectivity index (χ3v) is 5.39. The summed E-state index contributed by atoms with van der Waals surface area (Å²) in [6.45, 7) is 5.15. The van der Waals surface area contributed by atoms with E-state index in [-0.39, 0.29) is 11.7 Å². The first-order valence-corrected chi connectivity index (χ1v) is 8.68. The van der Waals surface area contributed by atoms with Crippen LogP contribution in [-0.2, 0) is 16.1 Å². The summed E-state index contributed by atoms with van der Waals surface area (Å²) in [4.78, 5) is 6.68. The largest absolute Gasteiger partial charge is 0.372 e. The number of aromatic nitrogens is 1. The van der Waals surface area contributed by atoms with Gasteiger partial charge in [-0.3, -0.25) is 4.98 Å². The minimum atomic E-state index is 0.100. The lowest BCUT2D eigenvalue weighted by Gasteiger charge is -2.38. The Hall–Kier alpha value is -0.970. The Bertz CT molecular complexity index is 481. The number of nitrogens with zero attached hydrogens (tertiary/aromatic N) is 2. The third kappa shape index (κ3) is 3.50. The predicted octanol–water partition coefficient (Wildman–Crippen LogP) is 2.63. The number of hydrogen-bond donors (Lipinski definition) is 0. The van der Waals surface area contributed by atoms with Crippen molar-refractivity contribution in [2.75, 3.05) is 26.2 Å². The van der Waals surface area contributed by atoms with Gasteiger partial charge >= 0.3 is 0 Å². The summed E-state index contributed by atoms with van der Waals surface area (Å²) in [5.74, 6) is 0.995. The molecule has 2 saturated heterocycles. The van der Waals surface area contributed by atoms with Crippen molar-refractivity contribution >= 4 is 0 Å². The van der Waals surface area contributed by atoms with Crippen molar-refractivity contribution in [3.05, 3.63) is 30.1 Å². The average molecular weight is 302 g/mol. The molecule has 0 amide bonds. The number of likely N-dealkylation sites (tertiary alicyclic amines) is 1. The summed E-state index contributed by atoms with van der Waals surface area (Å²) in [7, 11) is 0. The van der Waals surface area contributed by atoms with Crippen LogP contribution in [0.25, 0.3) is 0 Å². The maximum Gasteiger partial charge on any atom is 0.0840 e. The molecule has 3 fully saturated rings. The first-order valence-electron chi connectivity index (χ1n) is 8.68. The molecule has 4 nitrogen and oxygen atoms in total. The second-order valence-corrected chi connectivity index (χ2v) is 7.23. The number of hydrogen-bond acceptors (Lipinski definition) is 4. The highest BCUT2D eigenvalue weighted by molar-refractivity contribution is 5.08. The van der Waals surface area contributed by atoms with Crippen LogP contribution in [0.4, 0.5) is 0 Å². The molecular weight excluding hydrogens is 276 g/mol. The van der Waals surface area contributed by atoms with Crippen molar-refractivity contribution in [3.8, 4) is 0 Å². The molecule has 0 bridgehead atoms. The lowest BCUT2D eigenvalue weighted by molar-refractivity contribution is -0.0460. The van der Waals surface area contributed by atoms with E-state index in [2.05, 4.69) is 9.88 Å². The van der Waals surface area contributed by atoms with Crippen LogP contribution >= 0.6 is 0 Å². The zero-order valence-corrected chi connectivity index (χ0v) is 13.2. The highest BCUT2D eigenvalue weighted by atomic mass is 16.6. The van der Waals surface area contributed by atoms with Crippen LogP contribution in [0.2, 0.25) is 0 Å². The van der Waals surface area contributed by atoms with Gasteiger partial charge in [-0.25, -0.2) is 0 Å². The van der Waals surface area contributed by atoms with E-state index in [0.717, 1.165) is 18.9 Å². The van der Waals surface area contributed by atoms with Crippen molar-refractivity contribution in [1.82, 2.24) is 9.88 Å². The van der Waals surface area contributed by atoms with Gasteiger partial charge in [-0.1, -0.05) is 0 Å². The minimum absolute atomic E-state index is 0.100. The maximum absolute atomic E-state index is 6.19. The molecular formula is C18H26N2O2. The summed E-state index contributed by atoms with van der Waals surface area (Å²) in [5, 5.41) is 0. The van der Waals surface area contributed by atoms with E-state index >= 15 is 0 Å². The van der Waals surface area contributed by atoms with E-state index in [9.17, 15) is 0 Å². The number of ether oxygens (including phenoxy) is 2. The zero-order valence-electron chi connectivity index (χ0n) is 13.2. The second-order valence-electron chi connectivity index (χ2n) is 7.23. The molecule has 0 aromatic carbocycles. The number of pyridine rings is 1. The van der Waals surface area contributed by atoms with E-state index in [1.54, 1.807) is 0 Å². The Labute approximate surface area is 132 Å². The highest BCUT2D eigenvalue weighted by Gasteiger charge is 2.43. The van der Waals surface area contributed by atoms with Crippen LogP contribution in [-0.4, -0.2) is 47.8 Å². The molecule has 0 N–H and O–H groups in total. The first kappa shape index (κ1) is 14.6. The Morgan fingerprint density at radius 3 is 2.73 bits per heavy atom. The molecule has 1 aliphatic carbocycles. The third-order valence-electron chi connectivity index (χ3n) is 5.39. The van der Waals surface area contributed by atoms with Crippen molar-refractivity contribution < 1.29 is 9.47 Å². The van der Waals surface area contributed by atoms with Crippen LogP contribution in [0.5, 0.6) is 0 Å². The molecule has 4 heteroatoms. The van der Waals surface area contributed by atoms with Crippen LogP contribution in [0.1, 0.15) is 37.7 Å². The Balaban J connectivity index is 1.24. The summed E-state index contributed by atoms with van der Waals surface area (Å²) in [6, 6.07) is 4.03. The summed E-state index contributed by atoms with van der Waals surface area (Å²) in [5.41, 5.74) is 1.29. The smallest absolute Gasteiger partial charge is 0.0840 e. The fraction of sp³-hybridized carbons (Fsp3) is 0.722. The maximum atomic E-state index is 6.19. The lowest BCUT2D eigenvalue weighted by atomic mass is 9.88. The standard InChI is InChI=1S/C18H26N2O2/c1-2-15(1)12-20-9-5-18(6-10-20)11-17(14-22-18)21-13-16-3-7-19-8-4-16/h3-4,7-8,15,17H,1-2,5-6,9-14H2. The molecule has 22 heavy (non-hydrogen) atoms. The van der Waals surface area contributed by atoms with Gasteiger partial charge in [0.1, 0.15) is 0 Å². The van der Waals surface area contributed by atoms with Crippen molar-refractivity contribution in [3.63, 3.8) is 0 Å². The molecule has 1 spiro atoms. The summed E-state index contributed by atoms with van der Waals surface area (Å²) in [6.07, 6.45) is 10.2. The van der Waals surface area contributed by atoms with Gasteiger partial charge in [0.05, 0.1) is 24.9 Å². The van der Waals surface area contributed by atoms with E-state index < -0.39 is 0 Å². The predicted molar refractivity (Wildman–Crippen MR) is 84.5 cm³/mol. The molecule has 4 rings (SSSR count). The van der Waals surface area contributed by atoms with Crippen molar-refractivity contribution in [1.29, 1.82) is 0 Å². The van der Waals surface area contributed by atoms with Crippen LogP contribution in [0.3, 0.4) is 0 Å². The first-order chi connectivity index (χ1) is 10.8. The lowest BCUT2D eigenvalue weighted by Crippen LogP contribution is -2.44. The summed E-state index contributed by atoms with van der Waals surface area (Å²) < 4.78 is 12.2. The Kier molecular flexibility index (Phi) is 4.16. The average Bonchev–Trinajstić information content (AvgIpc) is 3.29. The van der Waals surface area contributed by atoms with Gasteiger partial charge in [0.25, 0.3) is 0 Å². The fourth-order valence-electron chi connectivity index (χ4n) is 3.76. The number of piperidine rings is 1. The second kappa shape index (κ2) is 6.26. The quantitative estimate of drug-likeness (QED) is 0.837. The normalized spacial score (nSPS) is 28.3. The van der Waals surface area contributed by atoms with Gasteiger partial charge in [-0.2, -0.15) is 0 Å². The van der Waals surface area contributed by atoms with E-state index in [1.807, 2.05) is 24.5 Å². The molecule has 1 atom stereocenters. The molecule has 1 saturated carbocycles. The van der Waals surface area contributed by atoms with E-state index in [1.165, 1.54) is 50.9 Å². The Morgan fingerprint density at radius 1 is 1.23 bits per heavy atom. The fourth-order valence-corrected chi connectivity index (χ4v) is 3.76. The van der Waals surface area contributed by atoms with Gasteiger partial charge in [0.15, 0.2) is 0 Å². The molecule has 0 radical (unpaired) electrons. The van der Waals surface area contributed by atoms with Crippen LogP contribution < -0.4 is 0 Å². The Morgan fingerprint density at radius 2 is 2.00 bits per heavy atom. The minimum Gasteiger partial charge on any atom is -0.372 e. The van der Waals surface area contributed by atoms with Gasteiger partial charge in [-0.05, 0) is 49.3 Å². The SMILES string of the molecule is c1cc(COC2COC3(CCN(CC4CC4)CC3)C2)ccn1. The van der Waals surface area contributed by atoms with Gasteiger partial charge < -0.3 is 14.4 Å². The molecule has 1 unspecified atom stereocenters.